The minimum Gasteiger partial charge on any atom is -0.252 e. The Labute approximate surface area is 50.8 Å². The summed E-state index contributed by atoms with van der Waals surface area (Å²) in [5, 5.41) is 1.62. The maximum absolute atomic E-state index is 10.7. The average Bonchev–Trinajstić information content (AvgIpc) is 1.21. The summed E-state index contributed by atoms with van der Waals surface area (Å²) in [6.07, 6.45) is 1.55. The third-order valence-corrected chi connectivity index (χ3v) is 1.13. The van der Waals surface area contributed by atoms with Gasteiger partial charge < -0.3 is 0 Å². The topological polar surface area (TPSA) is 32.3 Å². The zero-order valence-electron chi connectivity index (χ0n) is 5.47. The van der Waals surface area contributed by atoms with E-state index in [1.54, 1.807) is 25.4 Å². The van der Waals surface area contributed by atoms with Crippen molar-refractivity contribution in [1.82, 2.24) is 9.84 Å². The van der Waals surface area contributed by atoms with Gasteiger partial charge in [0.25, 0.3) is 0 Å². The number of nitrogens with zero attached hydrogens (tertiary/aromatic N) is 1. The van der Waals surface area contributed by atoms with Crippen molar-refractivity contribution in [1.29, 1.82) is 0 Å². The molecule has 0 amide bonds. The van der Waals surface area contributed by atoms with E-state index < -0.39 is 9.71 Å². The van der Waals surface area contributed by atoms with Crippen molar-refractivity contribution in [2.24, 2.45) is 0 Å². The molecule has 0 radical (unpaired) electrons. The predicted octanol–water partition coefficient (Wildman–Crippen LogP) is -0.686. The number of hydrogen-bond donors (Lipinski definition) is 1. The molecule has 0 fully saturated rings. The van der Waals surface area contributed by atoms with Crippen LogP contribution < -0.4 is 4.83 Å². The Morgan fingerprint density at radius 3 is 2.00 bits per heavy atom. The maximum Gasteiger partial charge on any atom is 0.0349 e. The van der Waals surface area contributed by atoms with Crippen molar-refractivity contribution in [2.75, 3.05) is 20.4 Å². The van der Waals surface area contributed by atoms with Gasteiger partial charge in [0.15, 0.2) is 0 Å². The SMILES string of the molecule is C=S(C)(=O)NN(C)C. The highest BCUT2D eigenvalue weighted by atomic mass is 32.2. The lowest BCUT2D eigenvalue weighted by molar-refractivity contribution is 0.376. The molecule has 0 aliphatic rings. The second-order valence-corrected chi connectivity index (χ2v) is 4.18. The summed E-state index contributed by atoms with van der Waals surface area (Å²) in [4.78, 5) is 2.63. The van der Waals surface area contributed by atoms with Gasteiger partial charge in [-0.3, -0.25) is 4.21 Å². The fourth-order valence-electron chi connectivity index (χ4n) is 0.386. The smallest absolute Gasteiger partial charge is 0.0349 e. The largest absolute Gasteiger partial charge is 0.252 e. The highest BCUT2D eigenvalue weighted by Crippen LogP contribution is 1.72. The van der Waals surface area contributed by atoms with Crippen molar-refractivity contribution in [3.8, 4) is 0 Å². The second kappa shape index (κ2) is 2.48. The fourth-order valence-corrected chi connectivity index (χ4v) is 1.16. The molecule has 0 aliphatic carbocycles. The zero-order chi connectivity index (χ0) is 6.78. The van der Waals surface area contributed by atoms with Crippen molar-refractivity contribution in [3.63, 3.8) is 0 Å². The molecule has 0 saturated carbocycles. The minimum atomic E-state index is -2.05. The summed E-state index contributed by atoms with van der Waals surface area (Å²) in [6, 6.07) is 0. The highest BCUT2D eigenvalue weighted by molar-refractivity contribution is 7.97. The van der Waals surface area contributed by atoms with Crippen LogP contribution in [0.25, 0.3) is 0 Å². The molecule has 0 aromatic heterocycles. The summed E-state index contributed by atoms with van der Waals surface area (Å²) in [5.41, 5.74) is 0. The molecule has 3 nitrogen and oxygen atoms in total. The van der Waals surface area contributed by atoms with Gasteiger partial charge in [0.05, 0.1) is 0 Å². The Bertz CT molecular complexity index is 147. The predicted molar refractivity (Wildman–Crippen MR) is 38.0 cm³/mol. The Morgan fingerprint density at radius 2 is 2.00 bits per heavy atom. The van der Waals surface area contributed by atoms with E-state index in [-0.39, 0.29) is 0 Å². The van der Waals surface area contributed by atoms with E-state index in [4.69, 9.17) is 0 Å². The molecular weight excluding hydrogens is 124 g/mol. The van der Waals surface area contributed by atoms with Crippen LogP contribution >= 0.6 is 0 Å². The Kier molecular flexibility index (Phi) is 2.46. The summed E-state index contributed by atoms with van der Waals surface area (Å²) in [7, 11) is 1.50. The van der Waals surface area contributed by atoms with Crippen molar-refractivity contribution < 1.29 is 4.21 Å². The molecule has 0 saturated heterocycles. The number of hydrogen-bond acceptors (Lipinski definition) is 2. The first-order chi connectivity index (χ1) is 3.42. The molecule has 4 heteroatoms. The van der Waals surface area contributed by atoms with Crippen LogP contribution in [0.15, 0.2) is 0 Å². The molecule has 0 aromatic rings. The third-order valence-electron chi connectivity index (χ3n) is 0.376. The van der Waals surface area contributed by atoms with Crippen LogP contribution in [-0.2, 0) is 9.71 Å². The van der Waals surface area contributed by atoms with E-state index in [1.807, 2.05) is 0 Å². The lowest BCUT2D eigenvalue weighted by atomic mass is 11.2. The van der Waals surface area contributed by atoms with E-state index in [2.05, 4.69) is 10.7 Å². The molecule has 0 aromatic carbocycles. The standard InChI is InChI=1S/C4H12N2OS/c1-6(2)5-8(3,4)7/h3H2,1-2,4H3,(H,5,7). The second-order valence-electron chi connectivity index (χ2n) is 1.99. The average molecular weight is 136 g/mol. The van der Waals surface area contributed by atoms with Crippen molar-refractivity contribution in [2.45, 2.75) is 0 Å². The summed E-state index contributed by atoms with van der Waals surface area (Å²) in [6.45, 7) is 0. The van der Waals surface area contributed by atoms with E-state index >= 15 is 0 Å². The highest BCUT2D eigenvalue weighted by Gasteiger charge is 1.91. The van der Waals surface area contributed by atoms with Gasteiger partial charge in [0.1, 0.15) is 0 Å². The van der Waals surface area contributed by atoms with Crippen LogP contribution in [0.2, 0.25) is 0 Å². The van der Waals surface area contributed by atoms with Gasteiger partial charge in [-0.25, -0.2) is 5.01 Å². The lowest BCUT2D eigenvalue weighted by Gasteiger charge is -2.11. The molecule has 8 heavy (non-hydrogen) atoms. The van der Waals surface area contributed by atoms with Crippen LogP contribution in [0.3, 0.4) is 0 Å². The van der Waals surface area contributed by atoms with Gasteiger partial charge in [-0.2, -0.15) is 4.83 Å². The minimum absolute atomic E-state index is 1.55. The maximum atomic E-state index is 10.7. The van der Waals surface area contributed by atoms with Crippen LogP contribution in [-0.4, -0.2) is 35.4 Å². The number of rotatable bonds is 2. The van der Waals surface area contributed by atoms with E-state index in [0.29, 0.717) is 0 Å². The van der Waals surface area contributed by atoms with Gasteiger partial charge in [0, 0.05) is 30.1 Å². The molecule has 50 valence electrons. The molecular formula is C4H12N2OS. The van der Waals surface area contributed by atoms with Crippen LogP contribution in [0.1, 0.15) is 0 Å². The Balaban J connectivity index is 3.75. The van der Waals surface area contributed by atoms with Gasteiger partial charge >= 0.3 is 0 Å². The first-order valence-corrected chi connectivity index (χ1v) is 4.32. The summed E-state index contributed by atoms with van der Waals surface area (Å²) in [5.74, 6) is 3.39. The fraction of sp³-hybridized carbons (Fsp3) is 0.750. The first kappa shape index (κ1) is 7.94. The molecule has 0 heterocycles. The van der Waals surface area contributed by atoms with Crippen molar-refractivity contribution in [3.05, 3.63) is 0 Å². The van der Waals surface area contributed by atoms with Gasteiger partial charge in [0.2, 0.25) is 0 Å². The molecule has 1 atom stereocenters. The van der Waals surface area contributed by atoms with E-state index in [1.165, 1.54) is 0 Å². The quantitative estimate of drug-likeness (QED) is 0.403. The Hall–Kier alpha value is -0.0600. The molecule has 0 aliphatic heterocycles. The molecule has 1 N–H and O–H groups in total. The van der Waals surface area contributed by atoms with Gasteiger partial charge in [-0.1, -0.05) is 0 Å². The van der Waals surface area contributed by atoms with Crippen LogP contribution in [0, 0.1) is 0 Å². The zero-order valence-corrected chi connectivity index (χ0v) is 6.29. The number of hydrazine groups is 1. The first-order valence-electron chi connectivity index (χ1n) is 2.19. The van der Waals surface area contributed by atoms with E-state index in [0.717, 1.165) is 0 Å². The van der Waals surface area contributed by atoms with Gasteiger partial charge in [-0.05, 0) is 5.87 Å². The lowest BCUT2D eigenvalue weighted by Crippen LogP contribution is -2.34. The summed E-state index contributed by atoms with van der Waals surface area (Å²) >= 11 is 0. The molecule has 0 rings (SSSR count). The summed E-state index contributed by atoms with van der Waals surface area (Å²) < 4.78 is 10.7. The van der Waals surface area contributed by atoms with Gasteiger partial charge in [-0.15, -0.1) is 0 Å². The van der Waals surface area contributed by atoms with Crippen LogP contribution in [0.5, 0.6) is 0 Å². The molecule has 1 unspecified atom stereocenters. The molecule has 0 bridgehead atoms. The Morgan fingerprint density at radius 1 is 1.62 bits per heavy atom. The van der Waals surface area contributed by atoms with Crippen LogP contribution in [0.4, 0.5) is 0 Å². The third kappa shape index (κ3) is 5.94. The number of nitrogens with one attached hydrogen (secondary N) is 1. The van der Waals surface area contributed by atoms with Crippen molar-refractivity contribution >= 4 is 15.6 Å². The normalized spacial score (nSPS) is 18.5. The monoisotopic (exact) mass is 136 g/mol. The van der Waals surface area contributed by atoms with E-state index in [9.17, 15) is 4.21 Å². The molecule has 0 spiro atoms.